The molecule has 1 N–H and O–H groups in total. The Morgan fingerprint density at radius 1 is 1.18 bits per heavy atom. The molecule has 0 bridgehead atoms. The van der Waals surface area contributed by atoms with Crippen molar-refractivity contribution in [3.8, 4) is 0 Å². The Labute approximate surface area is 172 Å². The number of thiophene rings is 1. The van der Waals surface area contributed by atoms with Crippen LogP contribution in [0.5, 0.6) is 0 Å². The highest BCUT2D eigenvalue weighted by molar-refractivity contribution is 7.29. The molecule has 8 heteroatoms. The summed E-state index contributed by atoms with van der Waals surface area (Å²) in [6.07, 6.45) is 0.775. The van der Waals surface area contributed by atoms with Gasteiger partial charge in [0.2, 0.25) is 5.91 Å². The van der Waals surface area contributed by atoms with Gasteiger partial charge in [0.1, 0.15) is 10.9 Å². The summed E-state index contributed by atoms with van der Waals surface area (Å²) in [5, 5.41) is 3.80. The number of benzene rings is 1. The minimum atomic E-state index is -0.571. The first-order chi connectivity index (χ1) is 13.4. The molecule has 0 saturated heterocycles. The third kappa shape index (κ3) is 4.34. The maximum Gasteiger partial charge on any atom is 0.264 e. The van der Waals surface area contributed by atoms with Crippen LogP contribution in [-0.2, 0) is 4.79 Å². The second-order valence-corrected chi connectivity index (χ2v) is 8.74. The van der Waals surface area contributed by atoms with Crippen LogP contribution >= 0.6 is 22.7 Å². The van der Waals surface area contributed by atoms with Crippen LogP contribution in [0.15, 0.2) is 36.4 Å². The standard InChI is InChI=1S/C20H24N4O2S2/c1-5-11-24(13(2)17(25)21-14-9-7-6-8-10-14)19(26)16-12-15-18(27-16)22-20(28-15)23(3)4/h6-10,12-13H,5,11H2,1-4H3,(H,21,25). The van der Waals surface area contributed by atoms with Crippen molar-refractivity contribution >= 4 is 54.8 Å². The molecule has 0 spiro atoms. The number of aromatic nitrogens is 1. The smallest absolute Gasteiger partial charge is 0.264 e. The van der Waals surface area contributed by atoms with Crippen LogP contribution in [0.25, 0.3) is 9.53 Å². The summed E-state index contributed by atoms with van der Waals surface area (Å²) in [7, 11) is 3.90. The van der Waals surface area contributed by atoms with E-state index in [2.05, 4.69) is 10.3 Å². The molecule has 0 radical (unpaired) electrons. The molecule has 0 saturated carbocycles. The first-order valence-corrected chi connectivity index (χ1v) is 10.8. The van der Waals surface area contributed by atoms with Crippen molar-refractivity contribution in [3.05, 3.63) is 41.3 Å². The number of nitrogens with one attached hydrogen (secondary N) is 1. The summed E-state index contributed by atoms with van der Waals surface area (Å²) >= 11 is 2.94. The lowest BCUT2D eigenvalue weighted by molar-refractivity contribution is -0.120. The van der Waals surface area contributed by atoms with Crippen LogP contribution < -0.4 is 10.2 Å². The van der Waals surface area contributed by atoms with E-state index in [0.717, 1.165) is 26.8 Å². The van der Waals surface area contributed by atoms with Crippen LogP contribution in [-0.4, -0.2) is 48.4 Å². The average Bonchev–Trinajstić information content (AvgIpc) is 3.25. The minimum Gasteiger partial charge on any atom is -0.354 e. The number of fused-ring (bicyclic) bond motifs is 1. The van der Waals surface area contributed by atoms with E-state index in [1.54, 1.807) is 23.2 Å². The van der Waals surface area contributed by atoms with Gasteiger partial charge in [-0.05, 0) is 31.5 Å². The van der Waals surface area contributed by atoms with Crippen molar-refractivity contribution < 1.29 is 9.59 Å². The molecule has 0 fully saturated rings. The zero-order valence-electron chi connectivity index (χ0n) is 16.4. The molecule has 1 unspecified atom stereocenters. The molecular weight excluding hydrogens is 392 g/mol. The van der Waals surface area contributed by atoms with Gasteiger partial charge in [0.15, 0.2) is 5.13 Å². The molecular formula is C20H24N4O2S2. The van der Waals surface area contributed by atoms with Crippen molar-refractivity contribution in [2.24, 2.45) is 0 Å². The predicted octanol–water partition coefficient (Wildman–Crippen LogP) is 4.30. The van der Waals surface area contributed by atoms with E-state index in [9.17, 15) is 9.59 Å². The van der Waals surface area contributed by atoms with Crippen LogP contribution in [0, 0.1) is 0 Å². The van der Waals surface area contributed by atoms with E-state index < -0.39 is 6.04 Å². The Kier molecular flexibility index (Phi) is 6.31. The molecule has 3 rings (SSSR count). The number of rotatable bonds is 7. The number of thiazole rings is 1. The van der Waals surface area contributed by atoms with Gasteiger partial charge in [-0.3, -0.25) is 9.59 Å². The van der Waals surface area contributed by atoms with Gasteiger partial charge in [-0.25, -0.2) is 4.98 Å². The van der Waals surface area contributed by atoms with Gasteiger partial charge in [0, 0.05) is 26.3 Å². The number of hydrogen-bond acceptors (Lipinski definition) is 6. The topological polar surface area (TPSA) is 65.5 Å². The molecule has 0 aliphatic rings. The van der Waals surface area contributed by atoms with E-state index in [4.69, 9.17) is 0 Å². The molecule has 28 heavy (non-hydrogen) atoms. The summed E-state index contributed by atoms with van der Waals surface area (Å²) in [5.41, 5.74) is 0.722. The monoisotopic (exact) mass is 416 g/mol. The number of amides is 2. The third-order valence-electron chi connectivity index (χ3n) is 4.29. The number of para-hydroxylation sites is 1. The Hall–Kier alpha value is -2.45. The first kappa shape index (κ1) is 20.3. The van der Waals surface area contributed by atoms with E-state index in [0.29, 0.717) is 11.4 Å². The second-order valence-electron chi connectivity index (χ2n) is 6.70. The maximum absolute atomic E-state index is 13.1. The number of carbonyl (C=O) groups excluding carboxylic acids is 2. The zero-order chi connectivity index (χ0) is 20.3. The van der Waals surface area contributed by atoms with E-state index >= 15 is 0 Å². The maximum atomic E-state index is 13.1. The molecule has 2 amide bonds. The van der Waals surface area contributed by atoms with Crippen LogP contribution in [0.3, 0.4) is 0 Å². The molecule has 6 nitrogen and oxygen atoms in total. The van der Waals surface area contributed by atoms with Crippen molar-refractivity contribution in [3.63, 3.8) is 0 Å². The van der Waals surface area contributed by atoms with Crippen molar-refractivity contribution in [1.29, 1.82) is 0 Å². The molecule has 2 aromatic heterocycles. The van der Waals surface area contributed by atoms with E-state index in [1.165, 1.54) is 11.3 Å². The predicted molar refractivity (Wildman–Crippen MR) is 118 cm³/mol. The van der Waals surface area contributed by atoms with E-state index in [-0.39, 0.29) is 11.8 Å². The average molecular weight is 417 g/mol. The molecule has 1 atom stereocenters. The van der Waals surface area contributed by atoms with E-state index in [1.807, 2.05) is 62.3 Å². The lowest BCUT2D eigenvalue weighted by atomic mass is 10.2. The van der Waals surface area contributed by atoms with Gasteiger partial charge in [0.05, 0.1) is 9.58 Å². The van der Waals surface area contributed by atoms with Crippen LogP contribution in [0.4, 0.5) is 10.8 Å². The number of anilines is 2. The lowest BCUT2D eigenvalue weighted by Crippen LogP contribution is -2.45. The summed E-state index contributed by atoms with van der Waals surface area (Å²) in [6, 6.07) is 10.6. The van der Waals surface area contributed by atoms with Crippen molar-refractivity contribution in [1.82, 2.24) is 9.88 Å². The number of carbonyl (C=O) groups is 2. The fourth-order valence-corrected chi connectivity index (χ4v) is 4.87. The van der Waals surface area contributed by atoms with Crippen molar-refractivity contribution in [2.45, 2.75) is 26.3 Å². The summed E-state index contributed by atoms with van der Waals surface area (Å²) in [4.78, 5) is 35.5. The quantitative estimate of drug-likeness (QED) is 0.624. The summed E-state index contributed by atoms with van der Waals surface area (Å²) in [5.74, 6) is -0.321. The van der Waals surface area contributed by atoms with Crippen LogP contribution in [0.1, 0.15) is 29.9 Å². The SMILES string of the molecule is CCCN(C(=O)c1cc2sc(N(C)C)nc2s1)C(C)C(=O)Nc1ccccc1. The Balaban J connectivity index is 1.79. The highest BCUT2D eigenvalue weighted by atomic mass is 32.1. The normalized spacial score (nSPS) is 12.0. The second kappa shape index (κ2) is 8.70. The Bertz CT molecular complexity index is 934. The highest BCUT2D eigenvalue weighted by Crippen LogP contribution is 2.34. The molecule has 3 aromatic rings. The molecule has 2 heterocycles. The van der Waals surface area contributed by atoms with Crippen molar-refractivity contribution in [2.75, 3.05) is 30.9 Å². The number of hydrogen-bond donors (Lipinski definition) is 1. The summed E-state index contributed by atoms with van der Waals surface area (Å²) < 4.78 is 0.995. The number of nitrogens with zero attached hydrogens (tertiary/aromatic N) is 3. The fourth-order valence-electron chi connectivity index (χ4n) is 2.78. The summed E-state index contributed by atoms with van der Waals surface area (Å²) in [6.45, 7) is 4.29. The highest BCUT2D eigenvalue weighted by Gasteiger charge is 2.28. The molecule has 0 aliphatic heterocycles. The Morgan fingerprint density at radius 3 is 2.50 bits per heavy atom. The minimum absolute atomic E-state index is 0.126. The van der Waals surface area contributed by atoms with Gasteiger partial charge in [-0.1, -0.05) is 36.5 Å². The van der Waals surface area contributed by atoms with Gasteiger partial charge >= 0.3 is 0 Å². The molecule has 148 valence electrons. The van der Waals surface area contributed by atoms with Gasteiger partial charge < -0.3 is 15.1 Å². The van der Waals surface area contributed by atoms with Gasteiger partial charge in [-0.2, -0.15) is 0 Å². The third-order valence-corrected chi connectivity index (χ3v) is 6.60. The van der Waals surface area contributed by atoms with Gasteiger partial charge in [-0.15, -0.1) is 11.3 Å². The lowest BCUT2D eigenvalue weighted by Gasteiger charge is -2.27. The fraction of sp³-hybridized carbons (Fsp3) is 0.350. The van der Waals surface area contributed by atoms with Gasteiger partial charge in [0.25, 0.3) is 5.91 Å². The first-order valence-electron chi connectivity index (χ1n) is 9.15. The molecule has 1 aromatic carbocycles. The van der Waals surface area contributed by atoms with Crippen LogP contribution in [0.2, 0.25) is 0 Å². The molecule has 0 aliphatic carbocycles. The largest absolute Gasteiger partial charge is 0.354 e. The zero-order valence-corrected chi connectivity index (χ0v) is 18.1. The Morgan fingerprint density at radius 2 is 1.89 bits per heavy atom.